The fourth-order valence-electron chi connectivity index (χ4n) is 2.06. The Morgan fingerprint density at radius 1 is 1.61 bits per heavy atom. The molecule has 0 aromatic heterocycles. The van der Waals surface area contributed by atoms with Gasteiger partial charge in [0.25, 0.3) is 0 Å². The van der Waals surface area contributed by atoms with Gasteiger partial charge in [-0.3, -0.25) is 4.79 Å². The second-order valence-corrected chi connectivity index (χ2v) is 4.35. The summed E-state index contributed by atoms with van der Waals surface area (Å²) in [5, 5.41) is 8.53. The van der Waals surface area contributed by atoms with E-state index < -0.39 is 24.0 Å². The highest BCUT2D eigenvalue weighted by atomic mass is 19.4. The standard InChI is InChI=1S/C11H15F3N2O2/c1-18-10(17)8-3-2-4-16(6-8)7-9(5-15)11(12,13)14/h8-9H,2-4,6-7H2,1H3/t8-,9?/m0/s1. The van der Waals surface area contributed by atoms with Gasteiger partial charge >= 0.3 is 12.1 Å². The fraction of sp³-hybridized carbons (Fsp3) is 0.818. The lowest BCUT2D eigenvalue weighted by Crippen LogP contribution is -2.43. The first kappa shape index (κ1) is 14.8. The summed E-state index contributed by atoms with van der Waals surface area (Å²) >= 11 is 0. The highest BCUT2D eigenvalue weighted by Gasteiger charge is 2.41. The lowest BCUT2D eigenvalue weighted by molar-refractivity contribution is -0.165. The van der Waals surface area contributed by atoms with Crippen LogP contribution in [0, 0.1) is 23.2 Å². The minimum Gasteiger partial charge on any atom is -0.469 e. The molecule has 1 heterocycles. The Morgan fingerprint density at radius 2 is 2.28 bits per heavy atom. The molecule has 0 N–H and O–H groups in total. The SMILES string of the molecule is COC(=O)[C@H]1CCCN(CC(C#N)C(F)(F)F)C1. The fourth-order valence-corrected chi connectivity index (χ4v) is 2.06. The molecular weight excluding hydrogens is 249 g/mol. The molecule has 0 bridgehead atoms. The number of nitriles is 1. The number of piperidine rings is 1. The zero-order valence-electron chi connectivity index (χ0n) is 10.0. The van der Waals surface area contributed by atoms with Gasteiger partial charge in [-0.1, -0.05) is 0 Å². The smallest absolute Gasteiger partial charge is 0.405 e. The van der Waals surface area contributed by atoms with E-state index in [9.17, 15) is 18.0 Å². The molecule has 0 aromatic rings. The van der Waals surface area contributed by atoms with Crippen LogP contribution >= 0.6 is 0 Å². The zero-order chi connectivity index (χ0) is 13.8. The first-order chi connectivity index (χ1) is 8.38. The van der Waals surface area contributed by atoms with Crippen LogP contribution in [0.15, 0.2) is 0 Å². The van der Waals surface area contributed by atoms with E-state index in [0.717, 1.165) is 0 Å². The first-order valence-corrected chi connectivity index (χ1v) is 5.65. The van der Waals surface area contributed by atoms with Crippen molar-refractivity contribution in [1.82, 2.24) is 4.90 Å². The Bertz CT molecular complexity index is 338. The van der Waals surface area contributed by atoms with Gasteiger partial charge in [0.1, 0.15) is 0 Å². The summed E-state index contributed by atoms with van der Waals surface area (Å²) < 4.78 is 42.0. The molecule has 102 valence electrons. The summed E-state index contributed by atoms with van der Waals surface area (Å²) in [5.41, 5.74) is 0. The number of halogens is 3. The summed E-state index contributed by atoms with van der Waals surface area (Å²) in [6, 6.07) is 1.26. The molecule has 1 aliphatic heterocycles. The van der Waals surface area contributed by atoms with Crippen molar-refractivity contribution in [3.05, 3.63) is 0 Å². The predicted molar refractivity (Wildman–Crippen MR) is 56.3 cm³/mol. The van der Waals surface area contributed by atoms with Gasteiger partial charge in [-0.25, -0.2) is 0 Å². The van der Waals surface area contributed by atoms with E-state index in [1.165, 1.54) is 18.1 Å². The Balaban J connectivity index is 2.57. The number of alkyl halides is 3. The minimum atomic E-state index is -4.52. The van der Waals surface area contributed by atoms with Crippen LogP contribution in [0.25, 0.3) is 0 Å². The van der Waals surface area contributed by atoms with Crippen molar-refractivity contribution in [2.75, 3.05) is 26.7 Å². The highest BCUT2D eigenvalue weighted by molar-refractivity contribution is 5.72. The molecular formula is C11H15F3N2O2. The van der Waals surface area contributed by atoms with Crippen LogP contribution < -0.4 is 0 Å². The highest BCUT2D eigenvalue weighted by Crippen LogP contribution is 2.28. The van der Waals surface area contributed by atoms with Crippen molar-refractivity contribution in [1.29, 1.82) is 5.26 Å². The van der Waals surface area contributed by atoms with Gasteiger partial charge in [-0.15, -0.1) is 0 Å². The van der Waals surface area contributed by atoms with Gasteiger partial charge in [0.05, 0.1) is 19.1 Å². The summed E-state index contributed by atoms with van der Waals surface area (Å²) in [5.74, 6) is -2.80. The zero-order valence-corrected chi connectivity index (χ0v) is 10.0. The molecule has 4 nitrogen and oxygen atoms in total. The summed E-state index contributed by atoms with van der Waals surface area (Å²) in [6.45, 7) is 0.316. The second-order valence-electron chi connectivity index (χ2n) is 4.35. The molecule has 1 fully saturated rings. The number of hydrogen-bond acceptors (Lipinski definition) is 4. The molecule has 0 aliphatic carbocycles. The molecule has 18 heavy (non-hydrogen) atoms. The lowest BCUT2D eigenvalue weighted by atomic mass is 9.97. The van der Waals surface area contributed by atoms with Crippen molar-refractivity contribution >= 4 is 5.97 Å². The number of carbonyl (C=O) groups excluding carboxylic acids is 1. The molecule has 1 unspecified atom stereocenters. The summed E-state index contributed by atoms with van der Waals surface area (Å²) in [6.07, 6.45) is -3.27. The van der Waals surface area contributed by atoms with Gasteiger partial charge in [-0.2, -0.15) is 18.4 Å². The Morgan fingerprint density at radius 3 is 2.78 bits per heavy atom. The van der Waals surface area contributed by atoms with E-state index in [0.29, 0.717) is 19.4 Å². The van der Waals surface area contributed by atoms with Crippen LogP contribution in [0.1, 0.15) is 12.8 Å². The second kappa shape index (κ2) is 6.05. The molecule has 0 radical (unpaired) electrons. The van der Waals surface area contributed by atoms with E-state index in [1.807, 2.05) is 0 Å². The molecule has 1 aliphatic rings. The maximum Gasteiger partial charge on any atom is 0.405 e. The minimum absolute atomic E-state index is 0.223. The molecule has 1 saturated heterocycles. The average Bonchev–Trinajstić information content (AvgIpc) is 2.33. The quantitative estimate of drug-likeness (QED) is 0.726. The molecule has 7 heteroatoms. The van der Waals surface area contributed by atoms with Crippen molar-refractivity contribution in [3.63, 3.8) is 0 Å². The normalized spacial score (nSPS) is 23.2. The third-order valence-electron chi connectivity index (χ3n) is 3.03. The summed E-state index contributed by atoms with van der Waals surface area (Å²) in [7, 11) is 1.26. The molecule has 2 atom stereocenters. The maximum absolute atomic E-state index is 12.5. The van der Waals surface area contributed by atoms with Crippen molar-refractivity contribution in [2.24, 2.45) is 11.8 Å². The molecule has 0 aromatic carbocycles. The number of nitrogens with zero attached hydrogens (tertiary/aromatic N) is 2. The van der Waals surface area contributed by atoms with E-state index in [-0.39, 0.29) is 13.1 Å². The average molecular weight is 264 g/mol. The van der Waals surface area contributed by atoms with Crippen LogP contribution in [0.5, 0.6) is 0 Å². The van der Waals surface area contributed by atoms with Crippen molar-refractivity contribution < 1.29 is 22.7 Å². The van der Waals surface area contributed by atoms with Gasteiger partial charge in [0.2, 0.25) is 0 Å². The van der Waals surface area contributed by atoms with E-state index in [2.05, 4.69) is 4.74 Å². The summed E-state index contributed by atoms with van der Waals surface area (Å²) in [4.78, 5) is 12.8. The third-order valence-corrected chi connectivity index (χ3v) is 3.03. The molecule has 1 rings (SSSR count). The maximum atomic E-state index is 12.5. The van der Waals surface area contributed by atoms with E-state index >= 15 is 0 Å². The molecule has 0 saturated carbocycles. The van der Waals surface area contributed by atoms with Crippen molar-refractivity contribution in [2.45, 2.75) is 19.0 Å². The van der Waals surface area contributed by atoms with Crippen LogP contribution in [-0.4, -0.2) is 43.8 Å². The predicted octanol–water partition coefficient (Wildman–Crippen LogP) is 1.57. The number of esters is 1. The van der Waals surface area contributed by atoms with Crippen LogP contribution in [0.4, 0.5) is 13.2 Å². The van der Waals surface area contributed by atoms with Crippen LogP contribution in [0.2, 0.25) is 0 Å². The topological polar surface area (TPSA) is 53.3 Å². The third kappa shape index (κ3) is 3.88. The lowest BCUT2D eigenvalue weighted by Gasteiger charge is -2.32. The van der Waals surface area contributed by atoms with Crippen LogP contribution in [-0.2, 0) is 9.53 Å². The van der Waals surface area contributed by atoms with E-state index in [1.54, 1.807) is 0 Å². The number of ether oxygens (including phenoxy) is 1. The van der Waals surface area contributed by atoms with Gasteiger partial charge in [0, 0.05) is 13.1 Å². The number of methoxy groups -OCH3 is 1. The molecule has 0 amide bonds. The molecule has 0 spiro atoms. The number of hydrogen-bond donors (Lipinski definition) is 0. The first-order valence-electron chi connectivity index (χ1n) is 5.65. The Labute approximate surface area is 103 Å². The Kier molecular flexibility index (Phi) is 4.96. The van der Waals surface area contributed by atoms with Gasteiger partial charge in [0.15, 0.2) is 5.92 Å². The van der Waals surface area contributed by atoms with Gasteiger partial charge < -0.3 is 9.64 Å². The van der Waals surface area contributed by atoms with Crippen molar-refractivity contribution in [3.8, 4) is 6.07 Å². The monoisotopic (exact) mass is 264 g/mol. The number of rotatable bonds is 3. The van der Waals surface area contributed by atoms with Gasteiger partial charge in [-0.05, 0) is 19.4 Å². The number of carbonyl (C=O) groups is 1. The number of likely N-dealkylation sites (tertiary alicyclic amines) is 1. The van der Waals surface area contributed by atoms with E-state index in [4.69, 9.17) is 5.26 Å². The largest absolute Gasteiger partial charge is 0.469 e. The Hall–Kier alpha value is -1.29. The van der Waals surface area contributed by atoms with Crippen LogP contribution in [0.3, 0.4) is 0 Å².